The summed E-state index contributed by atoms with van der Waals surface area (Å²) in [6, 6.07) is 8.56. The number of rotatable bonds is 2. The van der Waals surface area contributed by atoms with E-state index in [4.69, 9.17) is 0 Å². The predicted octanol–water partition coefficient (Wildman–Crippen LogP) is 2.96. The number of aromatic nitrogens is 1. The van der Waals surface area contributed by atoms with E-state index in [2.05, 4.69) is 10.3 Å². The first kappa shape index (κ1) is 13.1. The molecule has 19 heavy (non-hydrogen) atoms. The van der Waals surface area contributed by atoms with Gasteiger partial charge in [-0.3, -0.25) is 9.78 Å². The molecular weight excluding hydrogens is 240 g/mol. The number of phenolic OH excluding ortho intramolecular Hbond substituents is 1. The number of hydrogen-bond donors (Lipinski definition) is 2. The second-order valence-electron chi connectivity index (χ2n) is 4.49. The summed E-state index contributed by atoms with van der Waals surface area (Å²) in [5, 5.41) is 12.4. The van der Waals surface area contributed by atoms with Gasteiger partial charge in [0.1, 0.15) is 5.75 Å². The molecule has 0 aliphatic rings. The first-order valence-electron chi connectivity index (χ1n) is 6.03. The Kier molecular flexibility index (Phi) is 3.51. The fraction of sp³-hybridized carbons (Fsp3) is 0.200. The van der Waals surface area contributed by atoms with Gasteiger partial charge in [0.2, 0.25) is 0 Å². The van der Waals surface area contributed by atoms with E-state index >= 15 is 0 Å². The van der Waals surface area contributed by atoms with Crippen molar-refractivity contribution in [1.82, 2.24) is 4.98 Å². The zero-order chi connectivity index (χ0) is 14.0. The maximum absolute atomic E-state index is 12.2. The fourth-order valence-corrected chi connectivity index (χ4v) is 1.88. The summed E-state index contributed by atoms with van der Waals surface area (Å²) in [7, 11) is 0. The first-order valence-corrected chi connectivity index (χ1v) is 6.03. The van der Waals surface area contributed by atoms with E-state index in [9.17, 15) is 9.90 Å². The molecule has 2 N–H and O–H groups in total. The number of carbonyl (C=O) groups is 1. The molecule has 0 atom stereocenters. The van der Waals surface area contributed by atoms with Crippen molar-refractivity contribution in [3.05, 3.63) is 52.8 Å². The summed E-state index contributed by atoms with van der Waals surface area (Å²) in [4.78, 5) is 16.5. The largest absolute Gasteiger partial charge is 0.508 e. The van der Waals surface area contributed by atoms with E-state index in [1.165, 1.54) is 0 Å². The topological polar surface area (TPSA) is 62.2 Å². The molecule has 4 nitrogen and oxygen atoms in total. The smallest absolute Gasteiger partial charge is 0.256 e. The molecule has 0 saturated carbocycles. The normalized spacial score (nSPS) is 10.3. The minimum atomic E-state index is -0.248. The van der Waals surface area contributed by atoms with E-state index in [-0.39, 0.29) is 11.7 Å². The third kappa shape index (κ3) is 2.73. The molecular formula is C15H16N2O2. The van der Waals surface area contributed by atoms with Gasteiger partial charge in [-0.2, -0.15) is 0 Å². The number of phenols is 1. The number of nitrogens with zero attached hydrogens (tertiary/aromatic N) is 1. The van der Waals surface area contributed by atoms with E-state index in [0.717, 1.165) is 11.4 Å². The lowest BCUT2D eigenvalue weighted by atomic mass is 10.1. The van der Waals surface area contributed by atoms with Crippen molar-refractivity contribution in [2.45, 2.75) is 20.8 Å². The lowest BCUT2D eigenvalue weighted by Crippen LogP contribution is -2.14. The molecule has 1 aromatic carbocycles. The van der Waals surface area contributed by atoms with Crippen molar-refractivity contribution in [1.29, 1.82) is 0 Å². The zero-order valence-corrected chi connectivity index (χ0v) is 11.2. The Morgan fingerprint density at radius 1 is 1.16 bits per heavy atom. The number of carbonyl (C=O) groups excluding carboxylic acids is 1. The number of benzene rings is 1. The minimum absolute atomic E-state index is 0.117. The lowest BCUT2D eigenvalue weighted by Gasteiger charge is -2.10. The number of hydrogen-bond acceptors (Lipinski definition) is 3. The molecule has 2 rings (SSSR count). The molecule has 0 saturated heterocycles. The van der Waals surface area contributed by atoms with Crippen molar-refractivity contribution in [3.63, 3.8) is 0 Å². The molecule has 4 heteroatoms. The van der Waals surface area contributed by atoms with E-state index in [1.54, 1.807) is 25.1 Å². The van der Waals surface area contributed by atoms with Gasteiger partial charge < -0.3 is 10.4 Å². The highest BCUT2D eigenvalue weighted by Gasteiger charge is 2.12. The third-order valence-corrected chi connectivity index (χ3v) is 3.02. The summed E-state index contributed by atoms with van der Waals surface area (Å²) in [6.45, 7) is 5.46. The van der Waals surface area contributed by atoms with Crippen LogP contribution in [0.1, 0.15) is 27.3 Å². The highest BCUT2D eigenvalue weighted by Crippen LogP contribution is 2.21. The Bertz CT molecular complexity index is 636. The second-order valence-corrected chi connectivity index (χ2v) is 4.49. The van der Waals surface area contributed by atoms with Crippen LogP contribution in [0.2, 0.25) is 0 Å². The van der Waals surface area contributed by atoms with Crippen LogP contribution >= 0.6 is 0 Å². The third-order valence-electron chi connectivity index (χ3n) is 3.02. The van der Waals surface area contributed by atoms with Gasteiger partial charge >= 0.3 is 0 Å². The molecule has 0 radical (unpaired) electrons. The highest BCUT2D eigenvalue weighted by molar-refractivity contribution is 6.05. The van der Waals surface area contributed by atoms with Crippen LogP contribution in [-0.2, 0) is 0 Å². The fourth-order valence-electron chi connectivity index (χ4n) is 1.88. The van der Waals surface area contributed by atoms with E-state index in [1.807, 2.05) is 26.0 Å². The van der Waals surface area contributed by atoms with Crippen LogP contribution in [0.5, 0.6) is 5.75 Å². The van der Waals surface area contributed by atoms with Gasteiger partial charge in [-0.15, -0.1) is 0 Å². The molecule has 0 bridgehead atoms. The summed E-state index contributed by atoms with van der Waals surface area (Å²) in [5.41, 5.74) is 3.38. The molecule has 0 fully saturated rings. The maximum atomic E-state index is 12.2. The van der Waals surface area contributed by atoms with Gasteiger partial charge in [-0.25, -0.2) is 0 Å². The summed E-state index contributed by atoms with van der Waals surface area (Å²) >= 11 is 0. The number of aromatic hydroxyl groups is 1. The Balaban J connectivity index is 2.28. The molecule has 0 aliphatic heterocycles. The summed E-state index contributed by atoms with van der Waals surface area (Å²) in [6.07, 6.45) is 0. The van der Waals surface area contributed by atoms with Crippen LogP contribution in [0, 0.1) is 20.8 Å². The molecule has 2 aromatic rings. The van der Waals surface area contributed by atoms with Crippen molar-refractivity contribution < 1.29 is 9.90 Å². The van der Waals surface area contributed by atoms with E-state index in [0.29, 0.717) is 16.8 Å². The summed E-state index contributed by atoms with van der Waals surface area (Å²) in [5.74, 6) is -0.131. The van der Waals surface area contributed by atoms with Crippen LogP contribution in [0.15, 0.2) is 30.3 Å². The van der Waals surface area contributed by atoms with Crippen molar-refractivity contribution in [3.8, 4) is 5.75 Å². The molecule has 98 valence electrons. The van der Waals surface area contributed by atoms with Crippen LogP contribution in [0.4, 0.5) is 5.69 Å². The average Bonchev–Trinajstić information content (AvgIpc) is 2.36. The zero-order valence-electron chi connectivity index (χ0n) is 11.2. The molecule has 0 unspecified atom stereocenters. The molecule has 1 heterocycles. The standard InChI is InChI=1S/C15H16N2O2/c1-9-7-8-13(11(3)16-9)17-15(19)12-5-4-6-14(18)10(12)2/h4-8,18H,1-3H3,(H,17,19). The molecule has 0 spiro atoms. The van der Waals surface area contributed by atoms with Crippen LogP contribution in [0.25, 0.3) is 0 Å². The summed E-state index contributed by atoms with van der Waals surface area (Å²) < 4.78 is 0. The predicted molar refractivity (Wildman–Crippen MR) is 74.5 cm³/mol. The SMILES string of the molecule is Cc1ccc(NC(=O)c2cccc(O)c2C)c(C)n1. The molecule has 1 aromatic heterocycles. The van der Waals surface area contributed by atoms with Crippen LogP contribution < -0.4 is 5.32 Å². The Labute approximate surface area is 112 Å². The molecule has 0 aliphatic carbocycles. The first-order chi connectivity index (χ1) is 8.99. The number of anilines is 1. The van der Waals surface area contributed by atoms with Crippen LogP contribution in [-0.4, -0.2) is 16.0 Å². The quantitative estimate of drug-likeness (QED) is 0.868. The molecule has 1 amide bonds. The number of amides is 1. The number of pyridine rings is 1. The second kappa shape index (κ2) is 5.10. The van der Waals surface area contributed by atoms with Gasteiger partial charge in [0.05, 0.1) is 11.4 Å². The van der Waals surface area contributed by atoms with E-state index < -0.39 is 0 Å². The number of aryl methyl sites for hydroxylation is 2. The lowest BCUT2D eigenvalue weighted by molar-refractivity contribution is 0.102. The van der Waals surface area contributed by atoms with Crippen molar-refractivity contribution >= 4 is 11.6 Å². The van der Waals surface area contributed by atoms with Gasteiger partial charge in [-0.1, -0.05) is 6.07 Å². The minimum Gasteiger partial charge on any atom is -0.508 e. The van der Waals surface area contributed by atoms with Gasteiger partial charge in [0.25, 0.3) is 5.91 Å². The van der Waals surface area contributed by atoms with Gasteiger partial charge in [0.15, 0.2) is 0 Å². The van der Waals surface area contributed by atoms with Gasteiger partial charge in [-0.05, 0) is 45.0 Å². The maximum Gasteiger partial charge on any atom is 0.256 e. The van der Waals surface area contributed by atoms with Crippen molar-refractivity contribution in [2.75, 3.05) is 5.32 Å². The Morgan fingerprint density at radius 3 is 2.58 bits per heavy atom. The highest BCUT2D eigenvalue weighted by atomic mass is 16.3. The monoisotopic (exact) mass is 256 g/mol. The van der Waals surface area contributed by atoms with Gasteiger partial charge in [0, 0.05) is 16.8 Å². The Hall–Kier alpha value is -2.36. The van der Waals surface area contributed by atoms with Crippen LogP contribution in [0.3, 0.4) is 0 Å². The van der Waals surface area contributed by atoms with Crippen molar-refractivity contribution in [2.24, 2.45) is 0 Å². The Morgan fingerprint density at radius 2 is 1.89 bits per heavy atom. The number of nitrogens with one attached hydrogen (secondary N) is 1. The average molecular weight is 256 g/mol.